The van der Waals surface area contributed by atoms with E-state index in [2.05, 4.69) is 37.9 Å². The molecule has 0 radical (unpaired) electrons. The van der Waals surface area contributed by atoms with Crippen LogP contribution in [0.25, 0.3) is 0 Å². The Balaban J connectivity index is 1.99. The van der Waals surface area contributed by atoms with Crippen LogP contribution < -0.4 is 5.32 Å². The normalized spacial score (nSPS) is 30.0. The molecule has 1 saturated carbocycles. The van der Waals surface area contributed by atoms with Crippen molar-refractivity contribution in [3.63, 3.8) is 0 Å². The maximum atomic E-state index is 3.74. The summed E-state index contributed by atoms with van der Waals surface area (Å²) in [4.78, 5) is 2.77. The van der Waals surface area contributed by atoms with E-state index in [0.717, 1.165) is 12.1 Å². The topological polar surface area (TPSA) is 15.3 Å². The second kappa shape index (κ2) is 4.66. The molecule has 0 aromatic rings. The fraction of sp³-hybridized carbons (Fsp3) is 1.00. The molecule has 0 bridgehead atoms. The standard InChI is InChI=1S/C14H28N2/c1-11(2)15-13-6-9-16(12(3)4)14(10-13)7-5-8-14/h11-13,15H,5-10H2,1-4H3. The molecule has 1 aliphatic carbocycles. The van der Waals surface area contributed by atoms with Gasteiger partial charge in [0, 0.05) is 30.2 Å². The predicted molar refractivity (Wildman–Crippen MR) is 69.7 cm³/mol. The molecular formula is C14H28N2. The van der Waals surface area contributed by atoms with Gasteiger partial charge in [0.25, 0.3) is 0 Å². The van der Waals surface area contributed by atoms with Crippen molar-refractivity contribution < 1.29 is 0 Å². The van der Waals surface area contributed by atoms with Crippen molar-refractivity contribution >= 4 is 0 Å². The minimum Gasteiger partial charge on any atom is -0.312 e. The van der Waals surface area contributed by atoms with Gasteiger partial charge < -0.3 is 5.32 Å². The zero-order valence-corrected chi connectivity index (χ0v) is 11.4. The van der Waals surface area contributed by atoms with Crippen molar-refractivity contribution in [2.45, 2.75) is 83.5 Å². The highest BCUT2D eigenvalue weighted by Gasteiger charge is 2.47. The van der Waals surface area contributed by atoms with Crippen LogP contribution in [0.5, 0.6) is 0 Å². The number of piperidine rings is 1. The van der Waals surface area contributed by atoms with Gasteiger partial charge in [-0.2, -0.15) is 0 Å². The van der Waals surface area contributed by atoms with Gasteiger partial charge in [-0.15, -0.1) is 0 Å². The third kappa shape index (κ3) is 2.28. The Labute approximate surface area is 101 Å². The third-order valence-corrected chi connectivity index (χ3v) is 4.43. The van der Waals surface area contributed by atoms with Gasteiger partial charge in [0.05, 0.1) is 0 Å². The monoisotopic (exact) mass is 224 g/mol. The number of nitrogens with one attached hydrogen (secondary N) is 1. The van der Waals surface area contributed by atoms with Gasteiger partial charge in [0.15, 0.2) is 0 Å². The average molecular weight is 224 g/mol. The smallest absolute Gasteiger partial charge is 0.0227 e. The lowest BCUT2D eigenvalue weighted by atomic mass is 9.68. The van der Waals surface area contributed by atoms with E-state index in [4.69, 9.17) is 0 Å². The summed E-state index contributed by atoms with van der Waals surface area (Å²) < 4.78 is 0. The molecule has 2 heteroatoms. The Kier molecular flexibility index (Phi) is 3.60. The summed E-state index contributed by atoms with van der Waals surface area (Å²) in [6.45, 7) is 10.5. The van der Waals surface area contributed by atoms with Crippen LogP contribution in [0, 0.1) is 0 Å². The second-order valence-corrected chi connectivity index (χ2v) is 6.38. The lowest BCUT2D eigenvalue weighted by Gasteiger charge is -2.57. The fourth-order valence-electron chi connectivity index (χ4n) is 3.71. The first-order valence-electron chi connectivity index (χ1n) is 7.06. The lowest BCUT2D eigenvalue weighted by Crippen LogP contribution is -2.63. The molecule has 1 spiro atoms. The first kappa shape index (κ1) is 12.4. The van der Waals surface area contributed by atoms with E-state index in [0.29, 0.717) is 11.6 Å². The summed E-state index contributed by atoms with van der Waals surface area (Å²) in [5.74, 6) is 0. The molecule has 2 rings (SSSR count). The van der Waals surface area contributed by atoms with E-state index in [-0.39, 0.29) is 0 Å². The van der Waals surface area contributed by atoms with Gasteiger partial charge in [-0.05, 0) is 46.0 Å². The molecule has 1 atom stereocenters. The Bertz CT molecular complexity index is 231. The van der Waals surface area contributed by atoms with Crippen LogP contribution in [0.1, 0.15) is 59.8 Å². The van der Waals surface area contributed by atoms with Crippen LogP contribution in [0.3, 0.4) is 0 Å². The molecule has 0 aromatic heterocycles. The van der Waals surface area contributed by atoms with E-state index < -0.39 is 0 Å². The van der Waals surface area contributed by atoms with Gasteiger partial charge in [0.1, 0.15) is 0 Å². The van der Waals surface area contributed by atoms with E-state index in [1.54, 1.807) is 0 Å². The highest BCUT2D eigenvalue weighted by atomic mass is 15.2. The molecule has 0 amide bonds. The van der Waals surface area contributed by atoms with Crippen molar-refractivity contribution in [1.82, 2.24) is 10.2 Å². The summed E-state index contributed by atoms with van der Waals surface area (Å²) >= 11 is 0. The molecule has 2 fully saturated rings. The summed E-state index contributed by atoms with van der Waals surface area (Å²) in [6.07, 6.45) is 7.02. The van der Waals surface area contributed by atoms with E-state index in [1.165, 1.54) is 38.6 Å². The molecule has 1 heterocycles. The number of rotatable bonds is 3. The molecule has 0 aromatic carbocycles. The maximum Gasteiger partial charge on any atom is 0.0227 e. The number of nitrogens with zero attached hydrogens (tertiary/aromatic N) is 1. The Morgan fingerprint density at radius 1 is 1.19 bits per heavy atom. The van der Waals surface area contributed by atoms with Crippen LogP contribution >= 0.6 is 0 Å². The van der Waals surface area contributed by atoms with Crippen LogP contribution in [-0.4, -0.2) is 35.1 Å². The quantitative estimate of drug-likeness (QED) is 0.793. The molecular weight excluding hydrogens is 196 g/mol. The molecule has 2 nitrogen and oxygen atoms in total. The third-order valence-electron chi connectivity index (χ3n) is 4.43. The predicted octanol–water partition coefficient (Wildman–Crippen LogP) is 2.78. The highest BCUT2D eigenvalue weighted by molar-refractivity contribution is 5.04. The van der Waals surface area contributed by atoms with Gasteiger partial charge in [-0.1, -0.05) is 13.8 Å². The second-order valence-electron chi connectivity index (χ2n) is 6.38. The molecule has 1 saturated heterocycles. The summed E-state index contributed by atoms with van der Waals surface area (Å²) in [6, 6.07) is 2.11. The van der Waals surface area contributed by atoms with Crippen molar-refractivity contribution in [2.75, 3.05) is 6.54 Å². The minimum atomic E-state index is 0.568. The van der Waals surface area contributed by atoms with Crippen molar-refractivity contribution in [3.8, 4) is 0 Å². The molecule has 1 aliphatic heterocycles. The Morgan fingerprint density at radius 2 is 1.88 bits per heavy atom. The maximum absolute atomic E-state index is 3.74. The van der Waals surface area contributed by atoms with Crippen LogP contribution in [0.15, 0.2) is 0 Å². The van der Waals surface area contributed by atoms with Crippen LogP contribution in [0.2, 0.25) is 0 Å². The summed E-state index contributed by atoms with van der Waals surface area (Å²) in [7, 11) is 0. The van der Waals surface area contributed by atoms with Gasteiger partial charge in [-0.25, -0.2) is 0 Å². The zero-order valence-electron chi connectivity index (χ0n) is 11.4. The average Bonchev–Trinajstić information content (AvgIpc) is 2.13. The number of likely N-dealkylation sites (tertiary alicyclic amines) is 1. The summed E-state index contributed by atoms with van der Waals surface area (Å²) in [5, 5.41) is 3.74. The summed E-state index contributed by atoms with van der Waals surface area (Å²) in [5.41, 5.74) is 0.568. The first-order valence-corrected chi connectivity index (χ1v) is 7.06. The van der Waals surface area contributed by atoms with Crippen molar-refractivity contribution in [3.05, 3.63) is 0 Å². The van der Waals surface area contributed by atoms with E-state index >= 15 is 0 Å². The van der Waals surface area contributed by atoms with Crippen LogP contribution in [0.4, 0.5) is 0 Å². The SMILES string of the molecule is CC(C)NC1CCN(C(C)C)C2(CCC2)C1. The number of hydrogen-bond donors (Lipinski definition) is 1. The van der Waals surface area contributed by atoms with Crippen molar-refractivity contribution in [2.24, 2.45) is 0 Å². The fourth-order valence-corrected chi connectivity index (χ4v) is 3.71. The van der Waals surface area contributed by atoms with Crippen molar-refractivity contribution in [1.29, 1.82) is 0 Å². The Hall–Kier alpha value is -0.0800. The van der Waals surface area contributed by atoms with Gasteiger partial charge >= 0.3 is 0 Å². The first-order chi connectivity index (χ1) is 7.53. The molecule has 1 N–H and O–H groups in total. The van der Waals surface area contributed by atoms with E-state index in [9.17, 15) is 0 Å². The lowest BCUT2D eigenvalue weighted by molar-refractivity contribution is -0.0491. The molecule has 1 unspecified atom stereocenters. The zero-order chi connectivity index (χ0) is 11.8. The molecule has 2 aliphatic rings. The Morgan fingerprint density at radius 3 is 2.31 bits per heavy atom. The molecule has 16 heavy (non-hydrogen) atoms. The van der Waals surface area contributed by atoms with Gasteiger partial charge in [-0.3, -0.25) is 4.90 Å². The largest absolute Gasteiger partial charge is 0.312 e. The minimum absolute atomic E-state index is 0.568. The van der Waals surface area contributed by atoms with Gasteiger partial charge in [0.2, 0.25) is 0 Å². The number of hydrogen-bond acceptors (Lipinski definition) is 2. The molecule has 94 valence electrons. The van der Waals surface area contributed by atoms with E-state index in [1.807, 2.05) is 0 Å². The highest BCUT2D eigenvalue weighted by Crippen LogP contribution is 2.45. The van der Waals surface area contributed by atoms with Crippen LogP contribution in [-0.2, 0) is 0 Å².